The van der Waals surface area contributed by atoms with Crippen molar-refractivity contribution in [1.29, 1.82) is 0 Å². The topological polar surface area (TPSA) is 22.1 Å². The number of thiazole rings is 1. The second kappa shape index (κ2) is 4.77. The predicted molar refractivity (Wildman–Crippen MR) is 65.3 cm³/mol. The van der Waals surface area contributed by atoms with Crippen LogP contribution < -0.4 is 4.74 Å². The number of hydrogen-bond donors (Lipinski definition) is 0. The van der Waals surface area contributed by atoms with Gasteiger partial charge in [0.1, 0.15) is 10.7 Å². The Balaban J connectivity index is 2.07. The van der Waals surface area contributed by atoms with Crippen LogP contribution in [0.15, 0.2) is 40.3 Å². The molecule has 78 valence electrons. The zero-order valence-corrected chi connectivity index (χ0v) is 10.6. The number of ether oxygens (including phenoxy) is 1. The zero-order valence-electron chi connectivity index (χ0n) is 8.18. The lowest BCUT2D eigenvalue weighted by Gasteiger charge is -2.11. The zero-order chi connectivity index (χ0) is 10.7. The standard InChI is InChI=1S/C11H10BrNOS/c1-8(9-5-3-2-4-6-9)14-11-13-10(12)7-15-11/h2-8H,1H3. The minimum atomic E-state index is 0.0317. The van der Waals surface area contributed by atoms with Gasteiger partial charge in [-0.1, -0.05) is 41.7 Å². The lowest BCUT2D eigenvalue weighted by molar-refractivity contribution is 0.225. The Kier molecular flexibility index (Phi) is 3.38. The first-order valence-electron chi connectivity index (χ1n) is 4.58. The van der Waals surface area contributed by atoms with Crippen molar-refractivity contribution < 1.29 is 4.74 Å². The van der Waals surface area contributed by atoms with Gasteiger partial charge in [-0.2, -0.15) is 4.98 Å². The maximum absolute atomic E-state index is 5.70. The van der Waals surface area contributed by atoms with Gasteiger partial charge in [0.2, 0.25) is 0 Å². The molecule has 0 saturated carbocycles. The van der Waals surface area contributed by atoms with Gasteiger partial charge in [0, 0.05) is 5.38 Å². The van der Waals surface area contributed by atoms with Gasteiger partial charge in [0.25, 0.3) is 5.19 Å². The average Bonchev–Trinajstić information content (AvgIpc) is 2.65. The summed E-state index contributed by atoms with van der Waals surface area (Å²) in [5, 5.41) is 2.60. The molecule has 1 aromatic heterocycles. The van der Waals surface area contributed by atoms with Crippen molar-refractivity contribution >= 4 is 27.3 Å². The lowest BCUT2D eigenvalue weighted by Crippen LogP contribution is -2.02. The SMILES string of the molecule is CC(Oc1nc(Br)cs1)c1ccccc1. The van der Waals surface area contributed by atoms with E-state index in [-0.39, 0.29) is 6.10 Å². The fraction of sp³-hybridized carbons (Fsp3) is 0.182. The quantitative estimate of drug-likeness (QED) is 0.848. The molecule has 1 unspecified atom stereocenters. The van der Waals surface area contributed by atoms with E-state index in [2.05, 4.69) is 20.9 Å². The summed E-state index contributed by atoms with van der Waals surface area (Å²) in [4.78, 5) is 4.19. The van der Waals surface area contributed by atoms with Crippen LogP contribution in [0.1, 0.15) is 18.6 Å². The van der Waals surface area contributed by atoms with E-state index in [0.717, 1.165) is 10.2 Å². The van der Waals surface area contributed by atoms with Gasteiger partial charge in [0.15, 0.2) is 0 Å². The van der Waals surface area contributed by atoms with Crippen LogP contribution in [0.25, 0.3) is 0 Å². The molecule has 0 aliphatic carbocycles. The van der Waals surface area contributed by atoms with Crippen LogP contribution in [0.2, 0.25) is 0 Å². The van der Waals surface area contributed by atoms with Crippen LogP contribution in [-0.2, 0) is 0 Å². The summed E-state index contributed by atoms with van der Waals surface area (Å²) in [6, 6.07) is 10.1. The number of benzene rings is 1. The molecule has 0 aliphatic heterocycles. The molecule has 1 atom stereocenters. The highest BCUT2D eigenvalue weighted by atomic mass is 79.9. The largest absolute Gasteiger partial charge is 0.462 e. The molecule has 0 amide bonds. The van der Waals surface area contributed by atoms with E-state index in [0.29, 0.717) is 5.19 Å². The van der Waals surface area contributed by atoms with Gasteiger partial charge in [0.05, 0.1) is 0 Å². The first-order chi connectivity index (χ1) is 7.25. The summed E-state index contributed by atoms with van der Waals surface area (Å²) < 4.78 is 6.52. The van der Waals surface area contributed by atoms with Crippen LogP contribution >= 0.6 is 27.3 Å². The summed E-state index contributed by atoms with van der Waals surface area (Å²) in [5.41, 5.74) is 1.16. The van der Waals surface area contributed by atoms with E-state index in [1.165, 1.54) is 11.3 Å². The van der Waals surface area contributed by atoms with Gasteiger partial charge >= 0.3 is 0 Å². The van der Waals surface area contributed by atoms with E-state index in [1.807, 2.05) is 42.6 Å². The Morgan fingerprint density at radius 2 is 2.07 bits per heavy atom. The fourth-order valence-corrected chi connectivity index (χ4v) is 2.40. The minimum Gasteiger partial charge on any atom is -0.462 e. The average molecular weight is 284 g/mol. The lowest BCUT2D eigenvalue weighted by atomic mass is 10.1. The summed E-state index contributed by atoms with van der Waals surface area (Å²) in [5.74, 6) is 0. The molecule has 15 heavy (non-hydrogen) atoms. The minimum absolute atomic E-state index is 0.0317. The van der Waals surface area contributed by atoms with Crippen molar-refractivity contribution in [3.05, 3.63) is 45.9 Å². The molecule has 2 rings (SSSR count). The molecular formula is C11H10BrNOS. The van der Waals surface area contributed by atoms with Crippen LogP contribution in [0.4, 0.5) is 0 Å². The third-order valence-electron chi connectivity index (χ3n) is 2.00. The van der Waals surface area contributed by atoms with Gasteiger partial charge in [-0.15, -0.1) is 0 Å². The Labute approximate surface area is 101 Å². The van der Waals surface area contributed by atoms with E-state index < -0.39 is 0 Å². The number of hydrogen-bond acceptors (Lipinski definition) is 3. The van der Waals surface area contributed by atoms with E-state index in [9.17, 15) is 0 Å². The van der Waals surface area contributed by atoms with Gasteiger partial charge in [-0.25, -0.2) is 0 Å². The Morgan fingerprint density at radius 3 is 2.67 bits per heavy atom. The molecule has 0 N–H and O–H groups in total. The highest BCUT2D eigenvalue weighted by molar-refractivity contribution is 9.10. The fourth-order valence-electron chi connectivity index (χ4n) is 1.24. The molecule has 0 bridgehead atoms. The van der Waals surface area contributed by atoms with Crippen molar-refractivity contribution in [2.75, 3.05) is 0 Å². The number of aromatic nitrogens is 1. The third-order valence-corrected chi connectivity index (χ3v) is 3.44. The Bertz CT molecular complexity index is 429. The smallest absolute Gasteiger partial charge is 0.274 e. The molecular weight excluding hydrogens is 274 g/mol. The van der Waals surface area contributed by atoms with Gasteiger partial charge in [-0.3, -0.25) is 0 Å². The van der Waals surface area contributed by atoms with E-state index >= 15 is 0 Å². The summed E-state index contributed by atoms with van der Waals surface area (Å²) in [7, 11) is 0. The van der Waals surface area contributed by atoms with Crippen molar-refractivity contribution in [1.82, 2.24) is 4.98 Å². The highest BCUT2D eigenvalue weighted by Gasteiger charge is 2.08. The van der Waals surface area contributed by atoms with Crippen LogP contribution in [0.5, 0.6) is 5.19 Å². The van der Waals surface area contributed by atoms with E-state index in [4.69, 9.17) is 4.74 Å². The van der Waals surface area contributed by atoms with Crippen molar-refractivity contribution in [2.45, 2.75) is 13.0 Å². The Hall–Kier alpha value is -0.870. The monoisotopic (exact) mass is 283 g/mol. The van der Waals surface area contributed by atoms with Crippen molar-refractivity contribution in [2.24, 2.45) is 0 Å². The third kappa shape index (κ3) is 2.79. The van der Waals surface area contributed by atoms with Crippen molar-refractivity contribution in [3.63, 3.8) is 0 Å². The first kappa shape index (κ1) is 10.6. The molecule has 2 nitrogen and oxygen atoms in total. The highest BCUT2D eigenvalue weighted by Crippen LogP contribution is 2.26. The molecule has 0 fully saturated rings. The molecule has 2 aromatic rings. The van der Waals surface area contributed by atoms with Crippen molar-refractivity contribution in [3.8, 4) is 5.19 Å². The normalized spacial score (nSPS) is 12.4. The number of rotatable bonds is 3. The second-order valence-corrected chi connectivity index (χ2v) is 4.74. The van der Waals surface area contributed by atoms with Crippen LogP contribution in [0, 0.1) is 0 Å². The molecule has 0 saturated heterocycles. The number of nitrogens with zero attached hydrogens (tertiary/aromatic N) is 1. The molecule has 0 radical (unpaired) electrons. The summed E-state index contributed by atoms with van der Waals surface area (Å²) >= 11 is 4.79. The van der Waals surface area contributed by atoms with E-state index in [1.54, 1.807) is 0 Å². The van der Waals surface area contributed by atoms with Crippen LogP contribution in [0.3, 0.4) is 0 Å². The molecule has 1 aromatic carbocycles. The molecule has 0 spiro atoms. The van der Waals surface area contributed by atoms with Crippen LogP contribution in [-0.4, -0.2) is 4.98 Å². The summed E-state index contributed by atoms with van der Waals surface area (Å²) in [6.45, 7) is 2.02. The maximum atomic E-state index is 5.70. The summed E-state index contributed by atoms with van der Waals surface area (Å²) in [6.07, 6.45) is 0.0317. The number of halogens is 1. The molecule has 4 heteroatoms. The Morgan fingerprint density at radius 1 is 1.33 bits per heavy atom. The molecule has 0 aliphatic rings. The molecule has 1 heterocycles. The maximum Gasteiger partial charge on any atom is 0.274 e. The van der Waals surface area contributed by atoms with Gasteiger partial charge in [-0.05, 0) is 28.4 Å². The predicted octanol–water partition coefficient (Wildman–Crippen LogP) is 4.05. The van der Waals surface area contributed by atoms with Gasteiger partial charge < -0.3 is 4.74 Å². The first-order valence-corrected chi connectivity index (χ1v) is 6.25. The second-order valence-electron chi connectivity index (χ2n) is 3.11.